The molecule has 3 nitrogen and oxygen atoms in total. The summed E-state index contributed by atoms with van der Waals surface area (Å²) in [5.74, 6) is 1.48. The molecule has 1 atom stereocenters. The Labute approximate surface area is 134 Å². The highest BCUT2D eigenvalue weighted by Crippen LogP contribution is 2.34. The summed E-state index contributed by atoms with van der Waals surface area (Å²) in [5.41, 5.74) is 2.34. The van der Waals surface area contributed by atoms with Crippen molar-refractivity contribution in [1.82, 2.24) is 5.32 Å². The van der Waals surface area contributed by atoms with E-state index < -0.39 is 0 Å². The second-order valence-electron chi connectivity index (χ2n) is 4.63. The quantitative estimate of drug-likeness (QED) is 0.848. The minimum Gasteiger partial charge on any atom is -0.493 e. The van der Waals surface area contributed by atoms with Crippen molar-refractivity contribution in [3.63, 3.8) is 0 Å². The van der Waals surface area contributed by atoms with E-state index in [0.29, 0.717) is 0 Å². The van der Waals surface area contributed by atoms with Gasteiger partial charge in [0.1, 0.15) is 0 Å². The first kappa shape index (κ1) is 15.9. The summed E-state index contributed by atoms with van der Waals surface area (Å²) in [6, 6.07) is 14.4. The Morgan fingerprint density at radius 3 is 2.38 bits per heavy atom. The summed E-state index contributed by atoms with van der Waals surface area (Å²) >= 11 is 3.63. The molecule has 0 aliphatic carbocycles. The first-order chi connectivity index (χ1) is 10.2. The van der Waals surface area contributed by atoms with E-state index in [4.69, 9.17) is 9.47 Å². The average Bonchev–Trinajstić information content (AvgIpc) is 2.53. The maximum Gasteiger partial charge on any atom is 0.161 e. The van der Waals surface area contributed by atoms with E-state index in [1.807, 2.05) is 24.3 Å². The lowest BCUT2D eigenvalue weighted by Crippen LogP contribution is -2.22. The fraction of sp³-hybridized carbons (Fsp3) is 0.294. The van der Waals surface area contributed by atoms with Gasteiger partial charge in [0.2, 0.25) is 0 Å². The molecule has 2 aromatic carbocycles. The van der Waals surface area contributed by atoms with E-state index in [1.54, 1.807) is 14.2 Å². The average molecular weight is 350 g/mol. The van der Waals surface area contributed by atoms with Crippen molar-refractivity contribution in [2.45, 2.75) is 13.0 Å². The third-order valence-corrected chi connectivity index (χ3v) is 4.09. The van der Waals surface area contributed by atoms with Crippen molar-refractivity contribution in [3.05, 3.63) is 58.1 Å². The minimum absolute atomic E-state index is 0.102. The molecular weight excluding hydrogens is 330 g/mol. The Morgan fingerprint density at radius 2 is 1.76 bits per heavy atom. The molecule has 0 heterocycles. The van der Waals surface area contributed by atoms with E-state index in [-0.39, 0.29) is 6.04 Å². The van der Waals surface area contributed by atoms with Crippen molar-refractivity contribution in [2.75, 3.05) is 20.8 Å². The molecule has 1 unspecified atom stereocenters. The van der Waals surface area contributed by atoms with E-state index in [2.05, 4.69) is 46.4 Å². The summed E-state index contributed by atoms with van der Waals surface area (Å²) in [4.78, 5) is 0. The topological polar surface area (TPSA) is 30.5 Å². The van der Waals surface area contributed by atoms with Gasteiger partial charge in [0, 0.05) is 4.47 Å². The van der Waals surface area contributed by atoms with E-state index in [0.717, 1.165) is 28.1 Å². The number of rotatable bonds is 6. The SMILES string of the molecule is CCNC(c1ccc(OC)c(OC)c1)c1ccccc1Br. The summed E-state index contributed by atoms with van der Waals surface area (Å²) in [5, 5.41) is 3.52. The molecule has 0 spiro atoms. The highest BCUT2D eigenvalue weighted by atomic mass is 79.9. The van der Waals surface area contributed by atoms with Gasteiger partial charge in [-0.3, -0.25) is 0 Å². The maximum atomic E-state index is 5.41. The standard InChI is InChI=1S/C17H20BrNO2/c1-4-19-17(13-7-5-6-8-14(13)18)12-9-10-15(20-2)16(11-12)21-3/h5-11,17,19H,4H2,1-3H3. The molecule has 112 valence electrons. The first-order valence-electron chi connectivity index (χ1n) is 6.91. The molecule has 0 bridgehead atoms. The zero-order valence-electron chi connectivity index (χ0n) is 12.5. The van der Waals surface area contributed by atoms with Gasteiger partial charge in [0.15, 0.2) is 11.5 Å². The van der Waals surface area contributed by atoms with Crippen LogP contribution < -0.4 is 14.8 Å². The van der Waals surface area contributed by atoms with Crippen LogP contribution in [0.25, 0.3) is 0 Å². The molecule has 1 N–H and O–H groups in total. The fourth-order valence-corrected chi connectivity index (χ4v) is 2.87. The van der Waals surface area contributed by atoms with Gasteiger partial charge >= 0.3 is 0 Å². The van der Waals surface area contributed by atoms with Gasteiger partial charge in [0.05, 0.1) is 20.3 Å². The highest BCUT2D eigenvalue weighted by Gasteiger charge is 2.17. The van der Waals surface area contributed by atoms with Crippen molar-refractivity contribution in [1.29, 1.82) is 0 Å². The maximum absolute atomic E-state index is 5.41. The molecule has 0 aliphatic rings. The summed E-state index contributed by atoms with van der Waals surface area (Å²) in [6.07, 6.45) is 0. The highest BCUT2D eigenvalue weighted by molar-refractivity contribution is 9.10. The van der Waals surface area contributed by atoms with E-state index in [9.17, 15) is 0 Å². The predicted molar refractivity (Wildman–Crippen MR) is 89.2 cm³/mol. The monoisotopic (exact) mass is 349 g/mol. The molecule has 0 fully saturated rings. The first-order valence-corrected chi connectivity index (χ1v) is 7.70. The van der Waals surface area contributed by atoms with Crippen LogP contribution in [0.5, 0.6) is 11.5 Å². The van der Waals surface area contributed by atoms with Gasteiger partial charge in [-0.2, -0.15) is 0 Å². The zero-order chi connectivity index (χ0) is 15.2. The molecule has 0 saturated heterocycles. The van der Waals surface area contributed by atoms with E-state index >= 15 is 0 Å². The Balaban J connectivity index is 2.46. The van der Waals surface area contributed by atoms with Gasteiger partial charge in [-0.05, 0) is 35.9 Å². The molecular formula is C17H20BrNO2. The Hall–Kier alpha value is -1.52. The molecule has 0 aliphatic heterocycles. The van der Waals surface area contributed by atoms with Crippen LogP contribution in [-0.2, 0) is 0 Å². The van der Waals surface area contributed by atoms with Crippen LogP contribution in [-0.4, -0.2) is 20.8 Å². The van der Waals surface area contributed by atoms with Gasteiger partial charge in [0.25, 0.3) is 0 Å². The molecule has 0 radical (unpaired) electrons. The number of benzene rings is 2. The second-order valence-corrected chi connectivity index (χ2v) is 5.48. The fourth-order valence-electron chi connectivity index (χ4n) is 2.35. The number of hydrogen-bond donors (Lipinski definition) is 1. The molecule has 4 heteroatoms. The van der Waals surface area contributed by atoms with Crippen molar-refractivity contribution >= 4 is 15.9 Å². The van der Waals surface area contributed by atoms with Crippen LogP contribution >= 0.6 is 15.9 Å². The van der Waals surface area contributed by atoms with Crippen LogP contribution in [0.2, 0.25) is 0 Å². The molecule has 0 aromatic heterocycles. The van der Waals surface area contributed by atoms with Gasteiger partial charge < -0.3 is 14.8 Å². The van der Waals surface area contributed by atoms with Crippen LogP contribution in [0.3, 0.4) is 0 Å². The third kappa shape index (κ3) is 3.57. The molecule has 2 rings (SSSR count). The van der Waals surface area contributed by atoms with Crippen molar-refractivity contribution in [3.8, 4) is 11.5 Å². The van der Waals surface area contributed by atoms with Crippen LogP contribution in [0.4, 0.5) is 0 Å². The van der Waals surface area contributed by atoms with Crippen molar-refractivity contribution < 1.29 is 9.47 Å². The Kier molecular flexibility index (Phi) is 5.65. The largest absolute Gasteiger partial charge is 0.493 e. The lowest BCUT2D eigenvalue weighted by Gasteiger charge is -2.21. The predicted octanol–water partition coefficient (Wildman–Crippen LogP) is 4.17. The van der Waals surface area contributed by atoms with Crippen LogP contribution in [0.1, 0.15) is 24.1 Å². The molecule has 2 aromatic rings. The van der Waals surface area contributed by atoms with Gasteiger partial charge in [-0.25, -0.2) is 0 Å². The summed E-state index contributed by atoms with van der Waals surface area (Å²) in [6.45, 7) is 2.98. The third-order valence-electron chi connectivity index (χ3n) is 3.37. The number of hydrogen-bond acceptors (Lipinski definition) is 3. The zero-order valence-corrected chi connectivity index (χ0v) is 14.1. The summed E-state index contributed by atoms with van der Waals surface area (Å²) < 4.78 is 11.8. The molecule has 0 amide bonds. The number of halogens is 1. The normalized spacial score (nSPS) is 12.0. The molecule has 0 saturated carbocycles. The van der Waals surface area contributed by atoms with Crippen molar-refractivity contribution in [2.24, 2.45) is 0 Å². The Bertz CT molecular complexity index is 601. The lowest BCUT2D eigenvalue weighted by molar-refractivity contribution is 0.354. The second kappa shape index (κ2) is 7.48. The van der Waals surface area contributed by atoms with Gasteiger partial charge in [-0.15, -0.1) is 0 Å². The van der Waals surface area contributed by atoms with Crippen LogP contribution in [0.15, 0.2) is 46.9 Å². The van der Waals surface area contributed by atoms with Gasteiger partial charge in [-0.1, -0.05) is 47.1 Å². The summed E-state index contributed by atoms with van der Waals surface area (Å²) in [7, 11) is 3.30. The Morgan fingerprint density at radius 1 is 1.05 bits per heavy atom. The van der Waals surface area contributed by atoms with Crippen LogP contribution in [0, 0.1) is 0 Å². The minimum atomic E-state index is 0.102. The number of nitrogens with one attached hydrogen (secondary N) is 1. The molecule has 21 heavy (non-hydrogen) atoms. The lowest BCUT2D eigenvalue weighted by atomic mass is 9.98. The number of ether oxygens (including phenoxy) is 2. The number of methoxy groups -OCH3 is 2. The smallest absolute Gasteiger partial charge is 0.161 e. The van der Waals surface area contributed by atoms with E-state index in [1.165, 1.54) is 5.56 Å².